The number of hydrogen-bond acceptors (Lipinski definition) is 8. The molecule has 1 aliphatic carbocycles. The van der Waals surface area contributed by atoms with Gasteiger partial charge in [0, 0.05) is 22.6 Å². The van der Waals surface area contributed by atoms with Gasteiger partial charge in [0.05, 0.1) is 34.6 Å². The summed E-state index contributed by atoms with van der Waals surface area (Å²) in [6.07, 6.45) is 0.927. The molecule has 9 heteroatoms. The number of ketones is 1. The van der Waals surface area contributed by atoms with Crippen LogP contribution in [0.4, 0.5) is 0 Å². The monoisotopic (exact) mass is 528 g/mol. The number of rotatable bonds is 10. The molecule has 3 aromatic rings. The van der Waals surface area contributed by atoms with Crippen molar-refractivity contribution in [1.29, 1.82) is 0 Å². The zero-order valence-corrected chi connectivity index (χ0v) is 21.9. The van der Waals surface area contributed by atoms with Crippen molar-refractivity contribution in [3.05, 3.63) is 101 Å². The van der Waals surface area contributed by atoms with Gasteiger partial charge < -0.3 is 16.0 Å². The number of benzene rings is 3. The first-order chi connectivity index (χ1) is 18.4. The molecular formula is C29H28N4O4S. The first-order valence-electron chi connectivity index (χ1n) is 12.2. The molecule has 0 aromatic heterocycles. The number of fused-ring (bicyclic) bond motifs is 2. The normalized spacial score (nSPS) is 14.7. The fourth-order valence-electron chi connectivity index (χ4n) is 4.49. The van der Waals surface area contributed by atoms with Crippen LogP contribution in [0.3, 0.4) is 0 Å². The van der Waals surface area contributed by atoms with Crippen LogP contribution >= 0.6 is 12.0 Å². The van der Waals surface area contributed by atoms with E-state index in [0.717, 1.165) is 41.0 Å². The van der Waals surface area contributed by atoms with Crippen LogP contribution in [0.2, 0.25) is 0 Å². The minimum absolute atomic E-state index is 0.223. The molecule has 3 aromatic carbocycles. The molecule has 4 N–H and O–H groups in total. The van der Waals surface area contributed by atoms with E-state index in [4.69, 9.17) is 15.1 Å². The highest BCUT2D eigenvalue weighted by Gasteiger charge is 2.39. The van der Waals surface area contributed by atoms with E-state index >= 15 is 0 Å². The van der Waals surface area contributed by atoms with Crippen LogP contribution in [0.25, 0.3) is 22.5 Å². The van der Waals surface area contributed by atoms with Gasteiger partial charge in [-0.2, -0.15) is 5.48 Å². The number of hydrogen-bond donors (Lipinski definition) is 3. The Labute approximate surface area is 225 Å². The van der Waals surface area contributed by atoms with Gasteiger partial charge in [-0.15, -0.1) is 9.32 Å². The standard InChI is InChI=1S/C29H28N4O4S/c1-33(2)16-6-15-31-36-37-38-21-12-9-19(10-13-21)27-25-24(29(35)32-27)26(30)22-14-11-20(17-23(22)28(25)34)18-7-4-3-5-8-18/h3-5,7-14,17,31H,6,15-16,30H2,1-2H3,(H,32,35). The first kappa shape index (κ1) is 25.9. The summed E-state index contributed by atoms with van der Waals surface area (Å²) in [6.45, 7) is 1.61. The molecule has 0 radical (unpaired) electrons. The zero-order valence-electron chi connectivity index (χ0n) is 21.1. The van der Waals surface area contributed by atoms with Crippen LogP contribution in [-0.2, 0) is 14.1 Å². The molecule has 0 saturated carbocycles. The molecule has 0 saturated heterocycles. The summed E-state index contributed by atoms with van der Waals surface area (Å²) < 4.78 is 5.14. The van der Waals surface area contributed by atoms with Gasteiger partial charge in [0.1, 0.15) is 0 Å². The Hall–Kier alpha value is -3.73. The van der Waals surface area contributed by atoms with Crippen molar-refractivity contribution >= 4 is 35.1 Å². The van der Waals surface area contributed by atoms with Crippen molar-refractivity contribution in [2.24, 2.45) is 5.73 Å². The maximum atomic E-state index is 13.7. The molecule has 0 bridgehead atoms. The number of carbonyl (C=O) groups excluding carboxylic acids is 2. The summed E-state index contributed by atoms with van der Waals surface area (Å²) >= 11 is 1.06. The van der Waals surface area contributed by atoms with Gasteiger partial charge in [-0.1, -0.05) is 54.6 Å². The molecule has 0 atom stereocenters. The number of carbonyl (C=O) groups is 2. The van der Waals surface area contributed by atoms with E-state index in [0.29, 0.717) is 40.2 Å². The molecule has 0 fully saturated rings. The van der Waals surface area contributed by atoms with Crippen LogP contribution < -0.4 is 16.5 Å². The van der Waals surface area contributed by atoms with Crippen molar-refractivity contribution in [3.8, 4) is 11.1 Å². The van der Waals surface area contributed by atoms with Gasteiger partial charge in [-0.05, 0) is 62.0 Å². The Bertz CT molecular complexity index is 1430. The minimum Gasteiger partial charge on any atom is -0.398 e. The molecule has 8 nitrogen and oxygen atoms in total. The van der Waals surface area contributed by atoms with E-state index in [2.05, 4.69) is 15.7 Å². The molecule has 2 aliphatic rings. The Kier molecular flexibility index (Phi) is 7.73. The lowest BCUT2D eigenvalue weighted by atomic mass is 9.83. The fraction of sp³-hybridized carbons (Fsp3) is 0.172. The van der Waals surface area contributed by atoms with E-state index in [1.54, 1.807) is 0 Å². The van der Waals surface area contributed by atoms with E-state index in [9.17, 15) is 9.59 Å². The number of hydroxylamine groups is 1. The van der Waals surface area contributed by atoms with E-state index in [1.165, 1.54) is 0 Å². The summed E-state index contributed by atoms with van der Waals surface area (Å²) in [7, 11) is 4.03. The quantitative estimate of drug-likeness (QED) is 0.156. The SMILES string of the molecule is CN(C)CCCNOOSc1ccc(C2=C3C(=O)c4cc(-c5ccccc5)ccc4C(N)=C3C(=O)N2)cc1. The summed E-state index contributed by atoms with van der Waals surface area (Å²) in [5.74, 6) is -0.611. The molecule has 1 amide bonds. The van der Waals surface area contributed by atoms with Gasteiger partial charge in [-0.3, -0.25) is 9.59 Å². The average Bonchev–Trinajstić information content (AvgIpc) is 3.29. The van der Waals surface area contributed by atoms with Gasteiger partial charge >= 0.3 is 0 Å². The maximum Gasteiger partial charge on any atom is 0.258 e. The van der Waals surface area contributed by atoms with Crippen molar-refractivity contribution in [3.63, 3.8) is 0 Å². The number of amides is 1. The van der Waals surface area contributed by atoms with Crippen molar-refractivity contribution in [1.82, 2.24) is 15.7 Å². The second-order valence-corrected chi connectivity index (χ2v) is 10.0. The predicted molar refractivity (Wildman–Crippen MR) is 148 cm³/mol. The second-order valence-electron chi connectivity index (χ2n) is 9.26. The summed E-state index contributed by atoms with van der Waals surface area (Å²) in [5, 5.41) is 2.86. The van der Waals surface area contributed by atoms with Crippen LogP contribution in [-0.4, -0.2) is 43.8 Å². The largest absolute Gasteiger partial charge is 0.398 e. The fourth-order valence-corrected chi connectivity index (χ4v) is 4.90. The van der Waals surface area contributed by atoms with Crippen LogP contribution in [0, 0.1) is 0 Å². The van der Waals surface area contributed by atoms with Crippen molar-refractivity contribution in [2.75, 3.05) is 27.2 Å². The molecule has 0 unspecified atom stereocenters. The third kappa shape index (κ3) is 5.28. The molecular weight excluding hydrogens is 500 g/mol. The first-order valence-corrected chi connectivity index (χ1v) is 13.0. The van der Waals surface area contributed by atoms with Gasteiger partial charge in [0.25, 0.3) is 5.91 Å². The number of Topliss-reactive ketones (excluding diaryl/α,β-unsaturated/α-hetero) is 1. The van der Waals surface area contributed by atoms with Crippen LogP contribution in [0.5, 0.6) is 0 Å². The lowest BCUT2D eigenvalue weighted by Gasteiger charge is -2.19. The molecule has 5 rings (SSSR count). The Balaban J connectivity index is 1.35. The molecule has 1 heterocycles. The van der Waals surface area contributed by atoms with Gasteiger partial charge in [0.2, 0.25) is 0 Å². The van der Waals surface area contributed by atoms with E-state index in [1.807, 2.05) is 86.9 Å². The summed E-state index contributed by atoms with van der Waals surface area (Å²) in [5.41, 5.74) is 14.1. The maximum absolute atomic E-state index is 13.7. The lowest BCUT2D eigenvalue weighted by Crippen LogP contribution is -2.22. The number of nitrogens with two attached hydrogens (primary N) is 1. The predicted octanol–water partition coefficient (Wildman–Crippen LogP) is 4.17. The van der Waals surface area contributed by atoms with Gasteiger partial charge in [0.15, 0.2) is 5.78 Å². The summed E-state index contributed by atoms with van der Waals surface area (Å²) in [4.78, 5) is 34.5. The second kappa shape index (κ2) is 11.3. The van der Waals surface area contributed by atoms with Crippen LogP contribution in [0.15, 0.2) is 88.8 Å². The number of nitrogens with zero attached hydrogens (tertiary/aromatic N) is 1. The molecule has 194 valence electrons. The highest BCUT2D eigenvalue weighted by molar-refractivity contribution is 7.94. The van der Waals surface area contributed by atoms with E-state index < -0.39 is 0 Å². The van der Waals surface area contributed by atoms with Crippen molar-refractivity contribution < 1.29 is 18.9 Å². The molecule has 38 heavy (non-hydrogen) atoms. The molecule has 0 spiro atoms. The van der Waals surface area contributed by atoms with E-state index in [-0.39, 0.29) is 17.3 Å². The number of nitrogens with one attached hydrogen (secondary N) is 2. The smallest absolute Gasteiger partial charge is 0.258 e. The van der Waals surface area contributed by atoms with Crippen LogP contribution in [0.1, 0.15) is 27.9 Å². The zero-order chi connectivity index (χ0) is 26.6. The Morgan fingerprint density at radius 1 is 0.895 bits per heavy atom. The lowest BCUT2D eigenvalue weighted by molar-refractivity contribution is -0.244. The Morgan fingerprint density at radius 3 is 2.37 bits per heavy atom. The highest BCUT2D eigenvalue weighted by atomic mass is 32.2. The van der Waals surface area contributed by atoms with Crippen molar-refractivity contribution in [2.45, 2.75) is 11.3 Å². The highest BCUT2D eigenvalue weighted by Crippen LogP contribution is 2.40. The molecule has 1 aliphatic heterocycles. The van der Waals surface area contributed by atoms with Gasteiger partial charge in [-0.25, -0.2) is 0 Å². The topological polar surface area (TPSA) is 106 Å². The summed E-state index contributed by atoms with van der Waals surface area (Å²) in [6, 6.07) is 22.7. The third-order valence-electron chi connectivity index (χ3n) is 6.37. The minimum atomic E-state index is -0.380. The Morgan fingerprint density at radius 2 is 1.63 bits per heavy atom. The third-order valence-corrected chi connectivity index (χ3v) is 6.97. The average molecular weight is 529 g/mol.